The van der Waals surface area contributed by atoms with Crippen molar-refractivity contribution in [3.8, 4) is 0 Å². The lowest BCUT2D eigenvalue weighted by Crippen LogP contribution is -2.56. The maximum absolute atomic E-state index is 12.9. The van der Waals surface area contributed by atoms with Gasteiger partial charge in [-0.3, -0.25) is 4.79 Å². The molecule has 1 N–H and O–H groups in total. The minimum Gasteiger partial charge on any atom is -0.362 e. The van der Waals surface area contributed by atoms with Gasteiger partial charge in [-0.25, -0.2) is 0 Å². The SMILES string of the molecule is CCc1sc(C(=O)N2N=CC[C@@]2(O)C(F)(F)F)cc1Br. The van der Waals surface area contributed by atoms with E-state index >= 15 is 0 Å². The lowest BCUT2D eigenvalue weighted by Gasteiger charge is -2.32. The van der Waals surface area contributed by atoms with Gasteiger partial charge in [0.05, 0.1) is 4.88 Å². The van der Waals surface area contributed by atoms with Crippen LogP contribution < -0.4 is 0 Å². The molecule has 0 aromatic carbocycles. The van der Waals surface area contributed by atoms with Crippen molar-refractivity contribution < 1.29 is 23.1 Å². The molecule has 0 bridgehead atoms. The standard InChI is InChI=1S/C11H10BrF3N2O2S/c1-2-7-6(12)5-8(20-7)9(18)17-10(19,3-4-16-17)11(13,14)15/h4-5,19H,2-3H2,1H3/t10-/m1/s1. The first kappa shape index (κ1) is 15.5. The zero-order valence-electron chi connectivity index (χ0n) is 10.2. The highest BCUT2D eigenvalue weighted by atomic mass is 79.9. The van der Waals surface area contributed by atoms with Crippen LogP contribution in [-0.2, 0) is 6.42 Å². The normalized spacial score (nSPS) is 22.6. The van der Waals surface area contributed by atoms with Crippen LogP contribution in [0.3, 0.4) is 0 Å². The fourth-order valence-corrected chi connectivity index (χ4v) is 3.57. The van der Waals surface area contributed by atoms with Crippen LogP contribution in [0.1, 0.15) is 27.9 Å². The van der Waals surface area contributed by atoms with Crippen molar-refractivity contribution in [2.24, 2.45) is 5.10 Å². The zero-order chi connectivity index (χ0) is 15.1. The number of aliphatic hydroxyl groups is 1. The molecule has 1 aromatic rings. The molecule has 9 heteroatoms. The van der Waals surface area contributed by atoms with E-state index in [2.05, 4.69) is 21.0 Å². The van der Waals surface area contributed by atoms with Gasteiger partial charge in [0, 0.05) is 22.0 Å². The Labute approximate surface area is 125 Å². The summed E-state index contributed by atoms with van der Waals surface area (Å²) >= 11 is 4.31. The summed E-state index contributed by atoms with van der Waals surface area (Å²) in [6.07, 6.45) is -4.21. The van der Waals surface area contributed by atoms with E-state index in [1.165, 1.54) is 6.07 Å². The minimum absolute atomic E-state index is 0.0930. The monoisotopic (exact) mass is 370 g/mol. The van der Waals surface area contributed by atoms with Crippen LogP contribution >= 0.6 is 27.3 Å². The Bertz CT molecular complexity index is 573. The van der Waals surface area contributed by atoms with Gasteiger partial charge < -0.3 is 5.11 Å². The molecule has 4 nitrogen and oxygen atoms in total. The van der Waals surface area contributed by atoms with Crippen LogP contribution in [0.2, 0.25) is 0 Å². The van der Waals surface area contributed by atoms with E-state index in [9.17, 15) is 23.1 Å². The second-order valence-corrected chi connectivity index (χ2v) is 6.16. The molecule has 2 rings (SSSR count). The molecule has 20 heavy (non-hydrogen) atoms. The molecule has 0 aliphatic carbocycles. The first-order chi connectivity index (χ1) is 9.20. The lowest BCUT2D eigenvalue weighted by atomic mass is 10.1. The van der Waals surface area contributed by atoms with E-state index in [0.29, 0.717) is 10.9 Å². The summed E-state index contributed by atoms with van der Waals surface area (Å²) in [5.41, 5.74) is -3.27. The number of carbonyl (C=O) groups is 1. The molecular weight excluding hydrogens is 361 g/mol. The Balaban J connectivity index is 2.35. The van der Waals surface area contributed by atoms with Crippen LogP contribution in [0, 0.1) is 0 Å². The van der Waals surface area contributed by atoms with E-state index in [-0.39, 0.29) is 9.89 Å². The Hall–Kier alpha value is -0.930. The van der Waals surface area contributed by atoms with E-state index in [0.717, 1.165) is 22.4 Å². The topological polar surface area (TPSA) is 52.9 Å². The van der Waals surface area contributed by atoms with Crippen molar-refractivity contribution in [3.05, 3.63) is 20.3 Å². The third kappa shape index (κ3) is 2.38. The molecule has 0 saturated carbocycles. The molecule has 0 spiro atoms. The van der Waals surface area contributed by atoms with E-state index in [1.54, 1.807) is 0 Å². The maximum Gasteiger partial charge on any atom is 0.438 e. The van der Waals surface area contributed by atoms with Gasteiger partial charge in [-0.1, -0.05) is 6.92 Å². The fraction of sp³-hybridized carbons (Fsp3) is 0.455. The number of nitrogens with zero attached hydrogens (tertiary/aromatic N) is 2. The van der Waals surface area contributed by atoms with E-state index in [1.807, 2.05) is 6.92 Å². The molecule has 2 heterocycles. The minimum atomic E-state index is -4.97. The molecule has 0 unspecified atom stereocenters. The Morgan fingerprint density at radius 1 is 1.65 bits per heavy atom. The number of rotatable bonds is 2. The number of aryl methyl sites for hydroxylation is 1. The van der Waals surface area contributed by atoms with Crippen molar-refractivity contribution >= 4 is 39.4 Å². The smallest absolute Gasteiger partial charge is 0.362 e. The number of hydrazone groups is 1. The Morgan fingerprint density at radius 2 is 2.30 bits per heavy atom. The molecule has 1 aliphatic rings. The number of carbonyl (C=O) groups excluding carboxylic acids is 1. The second kappa shape index (κ2) is 5.12. The molecule has 110 valence electrons. The number of hydrogen-bond acceptors (Lipinski definition) is 4. The second-order valence-electron chi connectivity index (χ2n) is 4.17. The summed E-state index contributed by atoms with van der Waals surface area (Å²) in [6.45, 7) is 1.87. The van der Waals surface area contributed by atoms with Crippen LogP contribution in [0.15, 0.2) is 15.6 Å². The van der Waals surface area contributed by atoms with Gasteiger partial charge in [0.2, 0.25) is 0 Å². The summed E-state index contributed by atoms with van der Waals surface area (Å²) < 4.78 is 39.3. The number of amides is 1. The van der Waals surface area contributed by atoms with Crippen LogP contribution in [0.5, 0.6) is 0 Å². The Morgan fingerprint density at radius 3 is 2.80 bits per heavy atom. The molecule has 0 saturated heterocycles. The lowest BCUT2D eigenvalue weighted by molar-refractivity contribution is -0.297. The van der Waals surface area contributed by atoms with E-state index < -0.39 is 24.2 Å². The quantitative estimate of drug-likeness (QED) is 0.869. The number of halogens is 4. The molecule has 1 aromatic heterocycles. The third-order valence-corrected chi connectivity index (χ3v) is 5.10. The van der Waals surface area contributed by atoms with E-state index in [4.69, 9.17) is 0 Å². The van der Waals surface area contributed by atoms with Gasteiger partial charge in [0.25, 0.3) is 11.6 Å². The van der Waals surface area contributed by atoms with Gasteiger partial charge in [-0.2, -0.15) is 23.3 Å². The van der Waals surface area contributed by atoms with Gasteiger partial charge in [-0.05, 0) is 28.4 Å². The predicted octanol–water partition coefficient (Wildman–Crippen LogP) is 3.16. The molecule has 1 amide bonds. The first-order valence-electron chi connectivity index (χ1n) is 5.65. The largest absolute Gasteiger partial charge is 0.438 e. The summed E-state index contributed by atoms with van der Waals surface area (Å²) in [5.74, 6) is -0.969. The van der Waals surface area contributed by atoms with Crippen molar-refractivity contribution in [1.82, 2.24) is 5.01 Å². The summed E-state index contributed by atoms with van der Waals surface area (Å²) in [7, 11) is 0. The zero-order valence-corrected chi connectivity index (χ0v) is 12.6. The van der Waals surface area contributed by atoms with Gasteiger partial charge in [-0.15, -0.1) is 11.3 Å². The third-order valence-electron chi connectivity index (χ3n) is 2.86. The van der Waals surface area contributed by atoms with Crippen molar-refractivity contribution in [1.29, 1.82) is 0 Å². The Kier molecular flexibility index (Phi) is 3.96. The fourth-order valence-electron chi connectivity index (χ4n) is 1.75. The van der Waals surface area contributed by atoms with Crippen molar-refractivity contribution in [3.63, 3.8) is 0 Å². The molecule has 0 radical (unpaired) electrons. The van der Waals surface area contributed by atoms with Crippen LogP contribution in [0.25, 0.3) is 0 Å². The van der Waals surface area contributed by atoms with Crippen molar-refractivity contribution in [2.75, 3.05) is 0 Å². The average molecular weight is 371 g/mol. The average Bonchev–Trinajstić information content (AvgIpc) is 2.92. The van der Waals surface area contributed by atoms with Gasteiger partial charge in [0.15, 0.2) is 0 Å². The first-order valence-corrected chi connectivity index (χ1v) is 7.26. The number of thiophene rings is 1. The van der Waals surface area contributed by atoms with Gasteiger partial charge >= 0.3 is 6.18 Å². The van der Waals surface area contributed by atoms with Gasteiger partial charge in [0.1, 0.15) is 0 Å². The molecule has 1 atom stereocenters. The molecule has 1 aliphatic heterocycles. The maximum atomic E-state index is 12.9. The summed E-state index contributed by atoms with van der Waals surface area (Å²) in [4.78, 5) is 13.1. The number of alkyl halides is 3. The number of hydrogen-bond donors (Lipinski definition) is 1. The summed E-state index contributed by atoms with van der Waals surface area (Å²) in [6, 6.07) is 1.44. The van der Waals surface area contributed by atoms with Crippen LogP contribution in [0.4, 0.5) is 13.2 Å². The highest BCUT2D eigenvalue weighted by Crippen LogP contribution is 2.40. The molecular formula is C11H10BrF3N2O2S. The highest BCUT2D eigenvalue weighted by Gasteiger charge is 2.61. The highest BCUT2D eigenvalue weighted by molar-refractivity contribution is 9.10. The predicted molar refractivity (Wildman–Crippen MR) is 71.7 cm³/mol. The molecule has 0 fully saturated rings. The van der Waals surface area contributed by atoms with Crippen LogP contribution in [-0.4, -0.2) is 34.1 Å². The summed E-state index contributed by atoms with van der Waals surface area (Å²) in [5, 5.41) is 13.2. The van der Waals surface area contributed by atoms with Crippen molar-refractivity contribution in [2.45, 2.75) is 31.7 Å².